The summed E-state index contributed by atoms with van der Waals surface area (Å²) in [5.74, 6) is -1.33. The van der Waals surface area contributed by atoms with Crippen molar-refractivity contribution in [3.8, 4) is 0 Å². The van der Waals surface area contributed by atoms with Gasteiger partial charge in [0.1, 0.15) is 0 Å². The zero-order valence-electron chi connectivity index (χ0n) is 50.8. The third kappa shape index (κ3) is 108. The summed E-state index contributed by atoms with van der Waals surface area (Å²) in [4.78, 5) is 20.6. The summed E-state index contributed by atoms with van der Waals surface area (Å²) in [6.07, 6.45) is 42.5. The van der Waals surface area contributed by atoms with Crippen molar-refractivity contribution in [2.75, 3.05) is 0 Å². The molecule has 0 unspecified atom stereocenters. The van der Waals surface area contributed by atoms with E-state index in [4.69, 9.17) is 10.2 Å². The molecule has 260 valence electrons. The molecule has 0 heterocycles. The van der Waals surface area contributed by atoms with E-state index in [1.54, 1.807) is 0 Å². The van der Waals surface area contributed by atoms with Gasteiger partial charge in [-0.3, -0.25) is 9.59 Å². The van der Waals surface area contributed by atoms with E-state index in [0.29, 0.717) is 12.8 Å². The molecule has 0 fully saturated rings. The number of aliphatic carboxylic acids is 2. The largest absolute Gasteiger partial charge is 1.00 e. The molecule has 16 heteroatoms. The summed E-state index contributed by atoms with van der Waals surface area (Å²) in [5.41, 5.74) is 0. The molecule has 0 saturated heterocycles. The Kier molecular flexibility index (Phi) is 185. The van der Waals surface area contributed by atoms with Crippen LogP contribution in [0.3, 0.4) is 0 Å². The van der Waals surface area contributed by atoms with E-state index in [0.717, 1.165) is 25.7 Å². The molecule has 0 bridgehead atoms. The van der Waals surface area contributed by atoms with Crippen LogP contribution < -0.4 is 355 Å². The van der Waals surface area contributed by atoms with Gasteiger partial charge in [-0.05, 0) is 64.2 Å². The standard InChI is InChI=1S/2C18H34O2.12Na.12H/c2*1-2-3-4-5-6-7-8-9-10-11-12-13-14-15-16-17-18(19)20;;;;;;;;;;;;;;;;;;;;;;;;/h2*9-10H,2-8,11-17H2,1H3,(H,19,20);;;;;;;;;;;;;;;;;;;;;;;;/q;;12*+1;12*-1/b2*10-9-;;;;;;;;;;;;;;;;;;;;;;;;. The quantitative estimate of drug-likeness (QED) is 0.0429. The van der Waals surface area contributed by atoms with Gasteiger partial charge in [0.05, 0.1) is 0 Å². The number of rotatable bonds is 30. The van der Waals surface area contributed by atoms with Crippen molar-refractivity contribution in [1.82, 2.24) is 0 Å². The van der Waals surface area contributed by atoms with Gasteiger partial charge in [-0.25, -0.2) is 0 Å². The molecule has 0 rings (SSSR count). The summed E-state index contributed by atoms with van der Waals surface area (Å²) in [7, 11) is 0. The van der Waals surface area contributed by atoms with Crippen molar-refractivity contribution in [3.05, 3.63) is 24.3 Å². The third-order valence-electron chi connectivity index (χ3n) is 7.30. The van der Waals surface area contributed by atoms with Crippen molar-refractivity contribution in [2.24, 2.45) is 0 Å². The first-order chi connectivity index (χ1) is 19.5. The normalized spacial score (nSPS) is 8.65. The minimum atomic E-state index is -0.664. The number of carboxylic acid groups (broad SMARTS) is 2. The summed E-state index contributed by atoms with van der Waals surface area (Å²) in [6.45, 7) is 4.52. The topological polar surface area (TPSA) is 74.6 Å². The monoisotopic (exact) mass is 852 g/mol. The Hall–Kier alpha value is 10.4. The van der Waals surface area contributed by atoms with Crippen molar-refractivity contribution >= 4 is 11.9 Å². The van der Waals surface area contributed by atoms with Gasteiger partial charge in [-0.2, -0.15) is 0 Å². The summed E-state index contributed by atoms with van der Waals surface area (Å²) in [6, 6.07) is 0. The number of allylic oxidation sites excluding steroid dienone is 4. The summed E-state index contributed by atoms with van der Waals surface area (Å²) < 4.78 is 0. The van der Waals surface area contributed by atoms with Gasteiger partial charge in [-0.1, -0.05) is 141 Å². The second-order valence-corrected chi connectivity index (χ2v) is 11.5. The van der Waals surface area contributed by atoms with E-state index >= 15 is 0 Å². The molecule has 0 aromatic carbocycles. The number of unbranched alkanes of at least 4 members (excludes halogenated alkanes) is 22. The van der Waals surface area contributed by atoms with E-state index in [9.17, 15) is 9.59 Å². The average molecular weight is 853 g/mol. The fraction of sp³-hybridized carbons (Fsp3) is 0.833. The minimum absolute atomic E-state index is 0. The van der Waals surface area contributed by atoms with Crippen LogP contribution in [0.15, 0.2) is 24.3 Å². The van der Waals surface area contributed by atoms with Gasteiger partial charge in [0.15, 0.2) is 0 Å². The zero-order chi connectivity index (χ0) is 29.8. The number of hydrogen-bond acceptors (Lipinski definition) is 2. The molecule has 52 heavy (non-hydrogen) atoms. The molecule has 0 amide bonds. The summed E-state index contributed by atoms with van der Waals surface area (Å²) in [5, 5.41) is 17.0. The predicted octanol–water partition coefficient (Wildman–Crippen LogP) is -22.4. The molecule has 0 aromatic heterocycles. The van der Waals surface area contributed by atoms with Crippen molar-refractivity contribution in [3.63, 3.8) is 0 Å². The molecule has 0 atom stereocenters. The molecule has 0 spiro atoms. The average Bonchev–Trinajstić information content (AvgIpc) is 2.93. The first kappa shape index (κ1) is 100. The maximum Gasteiger partial charge on any atom is 1.00 e. The molecular formula is C36H80Na12O4. The van der Waals surface area contributed by atoms with E-state index < -0.39 is 11.9 Å². The van der Waals surface area contributed by atoms with Gasteiger partial charge >= 0.3 is 367 Å². The second-order valence-electron chi connectivity index (χ2n) is 11.5. The Morgan fingerprint density at radius 1 is 0.327 bits per heavy atom. The van der Waals surface area contributed by atoms with Gasteiger partial charge in [0.25, 0.3) is 0 Å². The van der Waals surface area contributed by atoms with E-state index in [2.05, 4.69) is 38.2 Å². The van der Waals surface area contributed by atoms with E-state index in [1.165, 1.54) is 141 Å². The molecule has 0 saturated carbocycles. The zero-order valence-corrected chi connectivity index (χ0v) is 62.8. The van der Waals surface area contributed by atoms with Crippen LogP contribution in [0.1, 0.15) is 211 Å². The molecule has 0 aliphatic carbocycles. The fourth-order valence-electron chi connectivity index (χ4n) is 4.69. The van der Waals surface area contributed by atoms with Crippen molar-refractivity contribution in [1.29, 1.82) is 0 Å². The van der Waals surface area contributed by atoms with Crippen LogP contribution in [0.5, 0.6) is 0 Å². The fourth-order valence-corrected chi connectivity index (χ4v) is 4.69. The maximum atomic E-state index is 10.3. The molecule has 0 aromatic rings. The maximum absolute atomic E-state index is 10.3. The smallest absolute Gasteiger partial charge is 1.00 e. The first-order valence-electron chi connectivity index (χ1n) is 17.3. The van der Waals surface area contributed by atoms with Crippen LogP contribution >= 0.6 is 0 Å². The van der Waals surface area contributed by atoms with Crippen molar-refractivity contribution in [2.45, 2.75) is 194 Å². The molecule has 2 N–H and O–H groups in total. The molecule has 0 aliphatic rings. The van der Waals surface area contributed by atoms with Crippen LogP contribution in [0, 0.1) is 0 Å². The number of carboxylic acids is 2. The Balaban J connectivity index is -0.0000000137. The van der Waals surface area contributed by atoms with Crippen LogP contribution in [0.25, 0.3) is 0 Å². The Labute approximate surface area is 608 Å². The Bertz CT molecular complexity index is 602. The Morgan fingerprint density at radius 2 is 0.500 bits per heavy atom. The molecular weight excluding hydrogens is 772 g/mol. The number of hydrogen-bond donors (Lipinski definition) is 2. The van der Waals surface area contributed by atoms with Gasteiger partial charge in [-0.15, -0.1) is 0 Å². The van der Waals surface area contributed by atoms with Crippen LogP contribution in [-0.4, -0.2) is 22.2 Å². The first-order valence-corrected chi connectivity index (χ1v) is 17.3. The Morgan fingerprint density at radius 3 is 0.692 bits per heavy atom. The van der Waals surface area contributed by atoms with Gasteiger partial charge < -0.3 is 27.3 Å². The molecule has 4 nitrogen and oxygen atoms in total. The van der Waals surface area contributed by atoms with Crippen LogP contribution in [0.2, 0.25) is 0 Å². The SMILES string of the molecule is CCCCCCCC/C=C\CCCCCCCC(=O)O.CCCCCCCC/C=C\CCCCCCCC(=O)O.[H-].[H-].[H-].[H-].[H-].[H-].[H-].[H-].[H-].[H-].[H-].[H-].[Na+].[Na+].[Na+].[Na+].[Na+].[Na+].[Na+].[Na+].[Na+].[Na+].[Na+].[Na+]. The molecule has 0 radical (unpaired) electrons. The minimum Gasteiger partial charge on any atom is -1.00 e. The van der Waals surface area contributed by atoms with Crippen molar-refractivity contribution < 1.29 is 392 Å². The number of carbonyl (C=O) groups is 2. The predicted molar refractivity (Wildman–Crippen MR) is 188 cm³/mol. The van der Waals surface area contributed by atoms with Gasteiger partial charge in [0.2, 0.25) is 0 Å². The van der Waals surface area contributed by atoms with Gasteiger partial charge in [0, 0.05) is 12.8 Å². The summed E-state index contributed by atoms with van der Waals surface area (Å²) >= 11 is 0. The van der Waals surface area contributed by atoms with E-state index in [-0.39, 0.29) is 372 Å². The second kappa shape index (κ2) is 95.6. The van der Waals surface area contributed by atoms with Crippen LogP contribution in [-0.2, 0) is 9.59 Å². The van der Waals surface area contributed by atoms with Crippen LogP contribution in [0.4, 0.5) is 0 Å². The van der Waals surface area contributed by atoms with E-state index in [1.807, 2.05) is 0 Å². The molecule has 0 aliphatic heterocycles. The third-order valence-corrected chi connectivity index (χ3v) is 7.30.